The molecule has 126 valence electrons. The monoisotopic (exact) mass is 330 g/mol. The van der Waals surface area contributed by atoms with Gasteiger partial charge < -0.3 is 4.57 Å². The number of nitrogens with zero attached hydrogens (tertiary/aromatic N) is 4. The summed E-state index contributed by atoms with van der Waals surface area (Å²) in [6.07, 6.45) is 8.90. The van der Waals surface area contributed by atoms with Gasteiger partial charge >= 0.3 is 0 Å². The van der Waals surface area contributed by atoms with Gasteiger partial charge in [0.1, 0.15) is 11.7 Å². The van der Waals surface area contributed by atoms with Crippen molar-refractivity contribution in [3.63, 3.8) is 0 Å². The van der Waals surface area contributed by atoms with E-state index in [9.17, 15) is 0 Å². The molecule has 1 aliphatic rings. The van der Waals surface area contributed by atoms with Gasteiger partial charge in [0.2, 0.25) is 0 Å². The first kappa shape index (κ1) is 14.7. The van der Waals surface area contributed by atoms with Crippen molar-refractivity contribution in [1.82, 2.24) is 19.6 Å². The zero-order valence-electron chi connectivity index (χ0n) is 14.3. The Kier molecular flexibility index (Phi) is 3.54. The molecule has 2 heterocycles. The molecular formula is C21H22N4. The predicted octanol–water partition coefficient (Wildman–Crippen LogP) is 5.01. The number of fused-ring (bicyclic) bond motifs is 2. The van der Waals surface area contributed by atoms with Crippen LogP contribution in [0.15, 0.2) is 60.8 Å². The summed E-state index contributed by atoms with van der Waals surface area (Å²) >= 11 is 0. The summed E-state index contributed by atoms with van der Waals surface area (Å²) < 4.78 is 4.56. The highest BCUT2D eigenvalue weighted by atomic mass is 15.5. The van der Waals surface area contributed by atoms with Crippen molar-refractivity contribution in [2.75, 3.05) is 0 Å². The Bertz CT molecular complexity index is 933. The van der Waals surface area contributed by atoms with Crippen molar-refractivity contribution in [3.8, 4) is 0 Å². The first-order chi connectivity index (χ1) is 12.4. The van der Waals surface area contributed by atoms with Crippen LogP contribution in [0.2, 0.25) is 0 Å². The minimum atomic E-state index is 0.188. The summed E-state index contributed by atoms with van der Waals surface area (Å²) in [6.45, 7) is 0. The standard InChI is InChI=1S/C21H22N4/c1-2-9-17(10-3-1)21(24-15-14-16-8-4-6-12-19(16)24)25-20-13-7-5-11-18(20)22-23-25/h4-8,11-15,17,21H,1-3,9-10H2. The second-order valence-corrected chi connectivity index (χ2v) is 7.12. The predicted molar refractivity (Wildman–Crippen MR) is 100 cm³/mol. The number of para-hydroxylation sites is 2. The quantitative estimate of drug-likeness (QED) is 0.529. The normalized spacial score (nSPS) is 17.3. The molecular weight excluding hydrogens is 308 g/mol. The fourth-order valence-corrected chi connectivity index (χ4v) is 4.39. The van der Waals surface area contributed by atoms with Crippen LogP contribution in [0.5, 0.6) is 0 Å². The minimum absolute atomic E-state index is 0.188. The fourth-order valence-electron chi connectivity index (χ4n) is 4.39. The highest BCUT2D eigenvalue weighted by molar-refractivity contribution is 5.80. The summed E-state index contributed by atoms with van der Waals surface area (Å²) in [5, 5.41) is 10.3. The van der Waals surface area contributed by atoms with E-state index in [0.717, 1.165) is 11.0 Å². The maximum Gasteiger partial charge on any atom is 0.132 e. The second-order valence-electron chi connectivity index (χ2n) is 7.12. The van der Waals surface area contributed by atoms with E-state index in [1.54, 1.807) is 0 Å². The van der Waals surface area contributed by atoms with Crippen LogP contribution in [0.25, 0.3) is 21.9 Å². The molecule has 0 aliphatic heterocycles. The molecule has 5 rings (SSSR count). The average molecular weight is 330 g/mol. The Morgan fingerprint density at radius 1 is 0.840 bits per heavy atom. The van der Waals surface area contributed by atoms with Crippen LogP contribution in [0, 0.1) is 5.92 Å². The van der Waals surface area contributed by atoms with E-state index in [2.05, 4.69) is 68.2 Å². The number of benzene rings is 2. The van der Waals surface area contributed by atoms with Gasteiger partial charge in [0.25, 0.3) is 0 Å². The van der Waals surface area contributed by atoms with Gasteiger partial charge in [-0.3, -0.25) is 0 Å². The number of rotatable bonds is 3. The van der Waals surface area contributed by atoms with E-state index < -0.39 is 0 Å². The SMILES string of the molecule is c1ccc2c(c1)ccn2C(C1CCCCC1)n1nnc2ccccc21. The molecule has 0 spiro atoms. The third-order valence-electron chi connectivity index (χ3n) is 5.61. The van der Waals surface area contributed by atoms with Crippen LogP contribution in [0.4, 0.5) is 0 Å². The summed E-state index contributed by atoms with van der Waals surface area (Å²) in [6, 6.07) is 19.1. The molecule has 1 fully saturated rings. The van der Waals surface area contributed by atoms with Gasteiger partial charge in [-0.1, -0.05) is 54.8 Å². The molecule has 0 amide bonds. The summed E-state index contributed by atoms with van der Waals surface area (Å²) in [5.41, 5.74) is 3.37. The highest BCUT2D eigenvalue weighted by Crippen LogP contribution is 2.36. The molecule has 4 nitrogen and oxygen atoms in total. The Balaban J connectivity index is 1.71. The molecule has 1 aliphatic carbocycles. The largest absolute Gasteiger partial charge is 0.324 e. The number of hydrogen-bond donors (Lipinski definition) is 0. The second kappa shape index (κ2) is 6.03. The van der Waals surface area contributed by atoms with E-state index in [1.807, 2.05) is 12.1 Å². The molecule has 2 aromatic heterocycles. The Morgan fingerprint density at radius 2 is 1.60 bits per heavy atom. The Morgan fingerprint density at radius 3 is 2.48 bits per heavy atom. The topological polar surface area (TPSA) is 35.6 Å². The molecule has 0 N–H and O–H groups in total. The van der Waals surface area contributed by atoms with Crippen molar-refractivity contribution in [2.24, 2.45) is 5.92 Å². The van der Waals surface area contributed by atoms with Crippen molar-refractivity contribution < 1.29 is 0 Å². The molecule has 1 unspecified atom stereocenters. The molecule has 0 radical (unpaired) electrons. The van der Waals surface area contributed by atoms with E-state index in [-0.39, 0.29) is 6.17 Å². The first-order valence-corrected chi connectivity index (χ1v) is 9.27. The van der Waals surface area contributed by atoms with E-state index >= 15 is 0 Å². The van der Waals surface area contributed by atoms with Gasteiger partial charge in [0, 0.05) is 17.6 Å². The molecule has 4 aromatic rings. The maximum absolute atomic E-state index is 4.58. The van der Waals surface area contributed by atoms with Gasteiger partial charge in [0.15, 0.2) is 0 Å². The van der Waals surface area contributed by atoms with Crippen LogP contribution in [0.1, 0.15) is 38.3 Å². The minimum Gasteiger partial charge on any atom is -0.324 e. The van der Waals surface area contributed by atoms with Gasteiger partial charge in [0.05, 0.1) is 5.52 Å². The molecule has 25 heavy (non-hydrogen) atoms. The van der Waals surface area contributed by atoms with E-state index in [0.29, 0.717) is 5.92 Å². The lowest BCUT2D eigenvalue weighted by atomic mass is 9.86. The van der Waals surface area contributed by atoms with Crippen molar-refractivity contribution >= 4 is 21.9 Å². The van der Waals surface area contributed by atoms with Crippen LogP contribution < -0.4 is 0 Å². The maximum atomic E-state index is 4.58. The van der Waals surface area contributed by atoms with Crippen molar-refractivity contribution in [3.05, 3.63) is 60.8 Å². The molecule has 4 heteroatoms. The lowest BCUT2D eigenvalue weighted by Gasteiger charge is -2.32. The molecule has 1 atom stereocenters. The molecule has 2 aromatic carbocycles. The van der Waals surface area contributed by atoms with Crippen LogP contribution >= 0.6 is 0 Å². The highest BCUT2D eigenvalue weighted by Gasteiger charge is 2.29. The van der Waals surface area contributed by atoms with Gasteiger partial charge in [-0.2, -0.15) is 0 Å². The zero-order chi connectivity index (χ0) is 16.6. The summed E-state index contributed by atoms with van der Waals surface area (Å²) in [5.74, 6) is 0.592. The lowest BCUT2D eigenvalue weighted by Crippen LogP contribution is -2.28. The third-order valence-corrected chi connectivity index (χ3v) is 5.61. The van der Waals surface area contributed by atoms with Gasteiger partial charge in [-0.25, -0.2) is 4.68 Å². The number of hydrogen-bond acceptors (Lipinski definition) is 2. The smallest absolute Gasteiger partial charge is 0.132 e. The van der Waals surface area contributed by atoms with Gasteiger partial charge in [-0.05, 0) is 42.5 Å². The molecule has 0 bridgehead atoms. The van der Waals surface area contributed by atoms with Crippen molar-refractivity contribution in [2.45, 2.75) is 38.3 Å². The van der Waals surface area contributed by atoms with E-state index in [1.165, 1.54) is 43.0 Å². The average Bonchev–Trinajstić information content (AvgIpc) is 3.29. The van der Waals surface area contributed by atoms with Crippen molar-refractivity contribution in [1.29, 1.82) is 0 Å². The third kappa shape index (κ3) is 2.44. The number of aromatic nitrogens is 4. The summed E-state index contributed by atoms with van der Waals surface area (Å²) in [7, 11) is 0. The fraction of sp³-hybridized carbons (Fsp3) is 0.333. The summed E-state index contributed by atoms with van der Waals surface area (Å²) in [4.78, 5) is 0. The molecule has 0 saturated heterocycles. The molecule has 1 saturated carbocycles. The van der Waals surface area contributed by atoms with E-state index in [4.69, 9.17) is 0 Å². The van der Waals surface area contributed by atoms with Crippen LogP contribution in [0.3, 0.4) is 0 Å². The Labute approximate surface area is 147 Å². The van der Waals surface area contributed by atoms with Crippen LogP contribution in [-0.4, -0.2) is 19.6 Å². The lowest BCUT2D eigenvalue weighted by molar-refractivity contribution is 0.212. The zero-order valence-corrected chi connectivity index (χ0v) is 14.3. The first-order valence-electron chi connectivity index (χ1n) is 9.27. The van der Waals surface area contributed by atoms with Crippen LogP contribution in [-0.2, 0) is 0 Å². The van der Waals surface area contributed by atoms with Gasteiger partial charge in [-0.15, -0.1) is 5.10 Å². The Hall–Kier alpha value is -2.62.